The van der Waals surface area contributed by atoms with Gasteiger partial charge in [0.05, 0.1) is 18.4 Å². The van der Waals surface area contributed by atoms with Crippen LogP contribution in [0.25, 0.3) is 5.76 Å². The highest BCUT2D eigenvalue weighted by atomic mass is 32.1. The van der Waals surface area contributed by atoms with Crippen molar-refractivity contribution in [2.45, 2.75) is 19.9 Å². The SMILES string of the molecule is C=CCOc1ccc(/C(O)=C2/C(=O)C(=O)N(c3nc(C)c(C(=O)OC)s3)C2c2ccccc2F)cc1C. The fraction of sp³-hybridized carbons (Fsp3) is 0.185. The molecular formula is C27H23FN2O6S. The third-order valence-electron chi connectivity index (χ3n) is 5.81. The molecule has 1 N–H and O–H groups in total. The second-order valence-corrected chi connectivity index (χ2v) is 9.15. The van der Waals surface area contributed by atoms with Crippen LogP contribution in [0.4, 0.5) is 9.52 Å². The molecule has 10 heteroatoms. The van der Waals surface area contributed by atoms with Gasteiger partial charge in [0.25, 0.3) is 5.78 Å². The van der Waals surface area contributed by atoms with E-state index in [0.29, 0.717) is 11.3 Å². The number of aliphatic hydroxyl groups is 1. The van der Waals surface area contributed by atoms with Gasteiger partial charge in [0.2, 0.25) is 0 Å². The van der Waals surface area contributed by atoms with E-state index in [1.54, 1.807) is 38.1 Å². The molecule has 8 nitrogen and oxygen atoms in total. The summed E-state index contributed by atoms with van der Waals surface area (Å²) < 4.78 is 25.4. The molecule has 0 saturated carbocycles. The number of anilines is 1. The van der Waals surface area contributed by atoms with Crippen molar-refractivity contribution in [3.8, 4) is 5.75 Å². The maximum absolute atomic E-state index is 15.1. The number of benzene rings is 2. The zero-order chi connectivity index (χ0) is 26.9. The molecule has 4 rings (SSSR count). The lowest BCUT2D eigenvalue weighted by Crippen LogP contribution is -2.29. The molecule has 190 valence electrons. The van der Waals surface area contributed by atoms with Crippen LogP contribution in [-0.2, 0) is 14.3 Å². The lowest BCUT2D eigenvalue weighted by Gasteiger charge is -2.23. The lowest BCUT2D eigenvalue weighted by molar-refractivity contribution is -0.132. The van der Waals surface area contributed by atoms with Gasteiger partial charge >= 0.3 is 11.9 Å². The van der Waals surface area contributed by atoms with Crippen LogP contribution in [-0.4, -0.2) is 41.5 Å². The summed E-state index contributed by atoms with van der Waals surface area (Å²) in [5, 5.41) is 11.3. The van der Waals surface area contributed by atoms with Gasteiger partial charge in [-0.15, -0.1) is 0 Å². The fourth-order valence-electron chi connectivity index (χ4n) is 4.05. The Balaban J connectivity index is 1.91. The number of carbonyl (C=O) groups is 3. The summed E-state index contributed by atoms with van der Waals surface area (Å²) in [6.07, 6.45) is 1.59. The normalized spacial score (nSPS) is 16.6. The number of rotatable bonds is 7. The van der Waals surface area contributed by atoms with E-state index in [1.165, 1.54) is 31.4 Å². The number of aliphatic hydroxyl groups excluding tert-OH is 1. The number of nitrogens with zero attached hydrogens (tertiary/aromatic N) is 2. The summed E-state index contributed by atoms with van der Waals surface area (Å²) in [6, 6.07) is 9.08. The number of amides is 1. The molecule has 2 aromatic carbocycles. The summed E-state index contributed by atoms with van der Waals surface area (Å²) in [4.78, 5) is 44.2. The molecule has 0 radical (unpaired) electrons. The van der Waals surface area contributed by atoms with Crippen LogP contribution in [0.3, 0.4) is 0 Å². The number of hydrogen-bond donors (Lipinski definition) is 1. The molecule has 1 unspecified atom stereocenters. The van der Waals surface area contributed by atoms with Gasteiger partial charge in [-0.3, -0.25) is 14.5 Å². The average Bonchev–Trinajstić information content (AvgIpc) is 3.39. The van der Waals surface area contributed by atoms with Gasteiger partial charge in [-0.05, 0) is 43.7 Å². The predicted octanol–water partition coefficient (Wildman–Crippen LogP) is 4.88. The zero-order valence-corrected chi connectivity index (χ0v) is 21.1. The highest BCUT2D eigenvalue weighted by Gasteiger charge is 2.49. The fourth-order valence-corrected chi connectivity index (χ4v) is 5.06. The number of halogens is 1. The molecule has 1 aliphatic rings. The Morgan fingerprint density at radius 3 is 2.62 bits per heavy atom. The van der Waals surface area contributed by atoms with Gasteiger partial charge < -0.3 is 14.6 Å². The molecule has 1 saturated heterocycles. The largest absolute Gasteiger partial charge is 0.507 e. The standard InChI is InChI=1S/C27H23FN2O6S/c1-5-12-36-19-11-10-16(13-14(19)2)22(31)20-21(17-8-6-7-9-18(17)28)30(25(33)23(20)32)27-29-15(3)24(37-27)26(34)35-4/h5-11,13,21,31H,1,12H2,2-4H3/b22-20-. The van der Waals surface area contributed by atoms with Crippen LogP contribution < -0.4 is 9.64 Å². The van der Waals surface area contributed by atoms with Crippen molar-refractivity contribution in [2.24, 2.45) is 0 Å². The Hall–Kier alpha value is -4.31. The first kappa shape index (κ1) is 25.8. The molecule has 0 bridgehead atoms. The Morgan fingerprint density at radius 2 is 1.97 bits per heavy atom. The number of thiazole rings is 1. The van der Waals surface area contributed by atoms with Crippen LogP contribution in [0, 0.1) is 19.7 Å². The molecule has 2 heterocycles. The first-order valence-corrected chi connectivity index (χ1v) is 12.0. The number of aryl methyl sites for hydroxylation is 2. The maximum atomic E-state index is 15.1. The maximum Gasteiger partial charge on any atom is 0.350 e. The Labute approximate surface area is 216 Å². The van der Waals surface area contributed by atoms with Gasteiger partial charge in [0, 0.05) is 11.1 Å². The highest BCUT2D eigenvalue weighted by Crippen LogP contribution is 2.44. The molecule has 0 aliphatic carbocycles. The Morgan fingerprint density at radius 1 is 1.24 bits per heavy atom. The van der Waals surface area contributed by atoms with Gasteiger partial charge in [0.1, 0.15) is 34.9 Å². The van der Waals surface area contributed by atoms with E-state index in [9.17, 15) is 19.5 Å². The first-order chi connectivity index (χ1) is 17.7. The molecule has 0 spiro atoms. The molecule has 3 aromatic rings. The number of esters is 1. The van der Waals surface area contributed by atoms with E-state index >= 15 is 4.39 Å². The summed E-state index contributed by atoms with van der Waals surface area (Å²) >= 11 is 0.837. The Kier molecular flexibility index (Phi) is 7.21. The number of methoxy groups -OCH3 is 1. The molecule has 1 aromatic heterocycles. The van der Waals surface area contributed by atoms with Gasteiger partial charge in [-0.25, -0.2) is 14.2 Å². The number of hydrogen-bond acceptors (Lipinski definition) is 8. The monoisotopic (exact) mass is 522 g/mol. The summed E-state index contributed by atoms with van der Waals surface area (Å²) in [5.41, 5.74) is 0.876. The molecule has 1 amide bonds. The minimum Gasteiger partial charge on any atom is -0.507 e. The minimum absolute atomic E-state index is 0.00310. The van der Waals surface area contributed by atoms with Crippen LogP contribution in [0.2, 0.25) is 0 Å². The van der Waals surface area contributed by atoms with E-state index in [-0.39, 0.29) is 39.0 Å². The minimum atomic E-state index is -1.32. The Bertz CT molecular complexity index is 1460. The molecule has 1 atom stereocenters. The van der Waals surface area contributed by atoms with Crippen LogP contribution in [0.5, 0.6) is 5.75 Å². The number of ether oxygens (including phenoxy) is 2. The molecule has 1 fully saturated rings. The quantitative estimate of drug-likeness (QED) is 0.155. The number of aromatic nitrogens is 1. The lowest BCUT2D eigenvalue weighted by atomic mass is 9.94. The third-order valence-corrected chi connectivity index (χ3v) is 6.95. The predicted molar refractivity (Wildman–Crippen MR) is 136 cm³/mol. The van der Waals surface area contributed by atoms with Crippen molar-refractivity contribution in [2.75, 3.05) is 18.6 Å². The van der Waals surface area contributed by atoms with Crippen molar-refractivity contribution in [1.82, 2.24) is 4.98 Å². The third kappa shape index (κ3) is 4.63. The van der Waals surface area contributed by atoms with Crippen molar-refractivity contribution in [3.05, 3.63) is 93.8 Å². The first-order valence-electron chi connectivity index (χ1n) is 11.2. The number of ketones is 1. The smallest absolute Gasteiger partial charge is 0.350 e. The zero-order valence-electron chi connectivity index (χ0n) is 20.3. The molecule has 1 aliphatic heterocycles. The summed E-state index contributed by atoms with van der Waals surface area (Å²) in [5.74, 6) is -3.29. The van der Waals surface area contributed by atoms with Crippen molar-refractivity contribution < 1.29 is 33.4 Å². The van der Waals surface area contributed by atoms with E-state index < -0.39 is 35.3 Å². The van der Waals surface area contributed by atoms with Gasteiger partial charge in [-0.2, -0.15) is 0 Å². The van der Waals surface area contributed by atoms with Crippen molar-refractivity contribution in [3.63, 3.8) is 0 Å². The highest BCUT2D eigenvalue weighted by molar-refractivity contribution is 7.17. The topological polar surface area (TPSA) is 106 Å². The van der Waals surface area contributed by atoms with E-state index in [0.717, 1.165) is 16.2 Å². The van der Waals surface area contributed by atoms with E-state index in [4.69, 9.17) is 9.47 Å². The van der Waals surface area contributed by atoms with Crippen molar-refractivity contribution >= 4 is 39.9 Å². The van der Waals surface area contributed by atoms with Gasteiger partial charge in [0.15, 0.2) is 5.13 Å². The second-order valence-electron chi connectivity index (χ2n) is 8.17. The second kappa shape index (κ2) is 10.4. The van der Waals surface area contributed by atoms with Crippen LogP contribution >= 0.6 is 11.3 Å². The molecular weight excluding hydrogens is 499 g/mol. The number of Topliss-reactive ketones (excluding diaryl/α,β-unsaturated/α-hetero) is 1. The number of carbonyl (C=O) groups excluding carboxylic acids is 3. The van der Waals surface area contributed by atoms with Gasteiger partial charge in [-0.1, -0.05) is 42.2 Å². The average molecular weight is 523 g/mol. The van der Waals surface area contributed by atoms with Crippen LogP contribution in [0.1, 0.15) is 38.1 Å². The van der Waals surface area contributed by atoms with Crippen LogP contribution in [0.15, 0.2) is 60.7 Å². The summed E-state index contributed by atoms with van der Waals surface area (Å²) in [7, 11) is 1.21. The van der Waals surface area contributed by atoms with E-state index in [1.807, 2.05) is 0 Å². The van der Waals surface area contributed by atoms with E-state index in [2.05, 4.69) is 11.6 Å². The van der Waals surface area contributed by atoms with Crippen molar-refractivity contribution in [1.29, 1.82) is 0 Å². The summed E-state index contributed by atoms with van der Waals surface area (Å²) in [6.45, 7) is 7.21. The molecule has 37 heavy (non-hydrogen) atoms.